The monoisotopic (exact) mass is 143 g/mol. The first-order valence-corrected chi connectivity index (χ1v) is 3.10. The average Bonchev–Trinajstić information content (AvgIpc) is 1.88. The maximum absolute atomic E-state index is 10.5. The smallest absolute Gasteiger partial charge is 0.323 e. The Labute approximate surface area is 60.7 Å². The van der Waals surface area contributed by atoms with E-state index in [1.54, 1.807) is 20.0 Å². The molecule has 0 aliphatic heterocycles. The van der Waals surface area contributed by atoms with Gasteiger partial charge >= 0.3 is 5.97 Å². The Hall–Kier alpha value is -0.830. The molecule has 0 aromatic rings. The van der Waals surface area contributed by atoms with E-state index in [4.69, 9.17) is 5.11 Å². The predicted molar refractivity (Wildman–Crippen MR) is 39.9 cm³/mol. The number of hydrogen-bond donors (Lipinski definition) is 2. The highest BCUT2D eigenvalue weighted by Crippen LogP contribution is 2.08. The molecule has 0 spiro atoms. The Kier molecular flexibility index (Phi) is 3.09. The molecule has 0 fully saturated rings. The number of nitrogens with one attached hydrogen (secondary N) is 1. The van der Waals surface area contributed by atoms with Crippen LogP contribution in [-0.2, 0) is 4.79 Å². The molecule has 0 bridgehead atoms. The van der Waals surface area contributed by atoms with Gasteiger partial charge in [0, 0.05) is 0 Å². The van der Waals surface area contributed by atoms with Crippen molar-refractivity contribution in [2.45, 2.75) is 18.9 Å². The maximum atomic E-state index is 10.5. The van der Waals surface area contributed by atoms with Crippen molar-refractivity contribution in [3.05, 3.63) is 12.7 Å². The van der Waals surface area contributed by atoms with Gasteiger partial charge in [0.05, 0.1) is 0 Å². The summed E-state index contributed by atoms with van der Waals surface area (Å²) in [7, 11) is 1.62. The quantitative estimate of drug-likeness (QED) is 0.567. The van der Waals surface area contributed by atoms with Crippen LogP contribution >= 0.6 is 0 Å². The molecule has 58 valence electrons. The molecule has 0 saturated heterocycles. The van der Waals surface area contributed by atoms with Crippen LogP contribution in [-0.4, -0.2) is 23.7 Å². The molecule has 0 rings (SSSR count). The van der Waals surface area contributed by atoms with Gasteiger partial charge in [-0.3, -0.25) is 4.79 Å². The molecular formula is C7H13NO2. The number of rotatable bonds is 4. The zero-order chi connectivity index (χ0) is 8.20. The van der Waals surface area contributed by atoms with Crippen LogP contribution in [0, 0.1) is 0 Å². The summed E-state index contributed by atoms with van der Waals surface area (Å²) < 4.78 is 0. The first-order chi connectivity index (χ1) is 4.56. The number of carboxylic acids is 1. The first-order valence-electron chi connectivity index (χ1n) is 3.10. The van der Waals surface area contributed by atoms with Crippen molar-refractivity contribution in [1.82, 2.24) is 5.32 Å². The van der Waals surface area contributed by atoms with Crippen LogP contribution < -0.4 is 5.32 Å². The predicted octanol–water partition coefficient (Wildman–Crippen LogP) is 0.625. The van der Waals surface area contributed by atoms with E-state index >= 15 is 0 Å². The van der Waals surface area contributed by atoms with Crippen LogP contribution in [0.4, 0.5) is 0 Å². The zero-order valence-corrected chi connectivity index (χ0v) is 6.35. The lowest BCUT2D eigenvalue weighted by Crippen LogP contribution is -2.46. The van der Waals surface area contributed by atoms with Crippen molar-refractivity contribution in [2.24, 2.45) is 0 Å². The summed E-state index contributed by atoms with van der Waals surface area (Å²) in [6, 6.07) is 0. The molecule has 3 heteroatoms. The Morgan fingerprint density at radius 1 is 1.90 bits per heavy atom. The molecule has 0 heterocycles. The van der Waals surface area contributed by atoms with Gasteiger partial charge in [0.2, 0.25) is 0 Å². The summed E-state index contributed by atoms with van der Waals surface area (Å²) in [5.41, 5.74) is -0.859. The molecule has 0 radical (unpaired) electrons. The number of carbonyl (C=O) groups is 1. The maximum Gasteiger partial charge on any atom is 0.323 e. The highest BCUT2D eigenvalue weighted by atomic mass is 16.4. The molecule has 0 aromatic heterocycles. The standard InChI is InChI=1S/C7H13NO2/c1-4-5-7(2,8-3)6(9)10/h4,8H,1,5H2,2-3H3,(H,9,10). The van der Waals surface area contributed by atoms with Crippen LogP contribution in [0.2, 0.25) is 0 Å². The van der Waals surface area contributed by atoms with Crippen LogP contribution in [0.5, 0.6) is 0 Å². The van der Waals surface area contributed by atoms with Gasteiger partial charge in [-0.2, -0.15) is 0 Å². The van der Waals surface area contributed by atoms with E-state index in [0.717, 1.165) is 0 Å². The van der Waals surface area contributed by atoms with Gasteiger partial charge in [-0.25, -0.2) is 0 Å². The summed E-state index contributed by atoms with van der Waals surface area (Å²) in [4.78, 5) is 10.5. The lowest BCUT2D eigenvalue weighted by molar-refractivity contribution is -0.143. The van der Waals surface area contributed by atoms with Crippen molar-refractivity contribution in [2.75, 3.05) is 7.05 Å². The van der Waals surface area contributed by atoms with Crippen molar-refractivity contribution >= 4 is 5.97 Å². The van der Waals surface area contributed by atoms with Crippen LogP contribution in [0.15, 0.2) is 12.7 Å². The van der Waals surface area contributed by atoms with Gasteiger partial charge in [0.1, 0.15) is 5.54 Å². The topological polar surface area (TPSA) is 49.3 Å². The minimum Gasteiger partial charge on any atom is -0.480 e. The van der Waals surface area contributed by atoms with E-state index in [0.29, 0.717) is 6.42 Å². The van der Waals surface area contributed by atoms with E-state index in [-0.39, 0.29) is 0 Å². The van der Waals surface area contributed by atoms with Crippen LogP contribution in [0.3, 0.4) is 0 Å². The summed E-state index contributed by atoms with van der Waals surface area (Å²) in [5.74, 6) is -0.852. The van der Waals surface area contributed by atoms with Gasteiger partial charge in [0.25, 0.3) is 0 Å². The largest absolute Gasteiger partial charge is 0.480 e. The molecule has 3 nitrogen and oxygen atoms in total. The van der Waals surface area contributed by atoms with E-state index in [9.17, 15) is 4.79 Å². The van der Waals surface area contributed by atoms with Crippen molar-refractivity contribution in [3.63, 3.8) is 0 Å². The number of carboxylic acid groups (broad SMARTS) is 1. The molecule has 0 aliphatic carbocycles. The van der Waals surface area contributed by atoms with Gasteiger partial charge in [-0.05, 0) is 20.4 Å². The fourth-order valence-electron chi connectivity index (χ4n) is 0.585. The third kappa shape index (κ3) is 1.84. The van der Waals surface area contributed by atoms with E-state index in [1.165, 1.54) is 0 Å². The summed E-state index contributed by atoms with van der Waals surface area (Å²) in [6.45, 7) is 5.09. The van der Waals surface area contributed by atoms with Crippen LogP contribution in [0.1, 0.15) is 13.3 Å². The van der Waals surface area contributed by atoms with E-state index in [2.05, 4.69) is 11.9 Å². The normalized spacial score (nSPS) is 15.8. The second-order valence-electron chi connectivity index (χ2n) is 2.38. The molecular weight excluding hydrogens is 130 g/mol. The Bertz CT molecular complexity index is 145. The molecule has 0 saturated carbocycles. The van der Waals surface area contributed by atoms with E-state index in [1.807, 2.05) is 0 Å². The number of likely N-dealkylation sites (N-methyl/N-ethyl adjacent to an activating group) is 1. The molecule has 0 amide bonds. The second kappa shape index (κ2) is 3.37. The second-order valence-corrected chi connectivity index (χ2v) is 2.38. The van der Waals surface area contributed by atoms with Crippen molar-refractivity contribution < 1.29 is 9.90 Å². The highest BCUT2D eigenvalue weighted by Gasteiger charge is 2.28. The third-order valence-electron chi connectivity index (χ3n) is 1.58. The zero-order valence-electron chi connectivity index (χ0n) is 6.35. The highest BCUT2D eigenvalue weighted by molar-refractivity contribution is 5.78. The Balaban J connectivity index is 4.21. The molecule has 2 N–H and O–H groups in total. The van der Waals surface area contributed by atoms with Crippen LogP contribution in [0.25, 0.3) is 0 Å². The van der Waals surface area contributed by atoms with Gasteiger partial charge in [-0.15, -0.1) is 6.58 Å². The lowest BCUT2D eigenvalue weighted by atomic mass is 9.99. The average molecular weight is 143 g/mol. The third-order valence-corrected chi connectivity index (χ3v) is 1.58. The molecule has 10 heavy (non-hydrogen) atoms. The van der Waals surface area contributed by atoms with Gasteiger partial charge < -0.3 is 10.4 Å². The molecule has 0 aromatic carbocycles. The van der Waals surface area contributed by atoms with Crippen molar-refractivity contribution in [3.8, 4) is 0 Å². The Morgan fingerprint density at radius 2 is 2.40 bits per heavy atom. The molecule has 1 atom stereocenters. The minimum atomic E-state index is -0.859. The number of aliphatic carboxylic acids is 1. The van der Waals surface area contributed by atoms with Crippen molar-refractivity contribution in [1.29, 1.82) is 0 Å². The lowest BCUT2D eigenvalue weighted by Gasteiger charge is -2.21. The minimum absolute atomic E-state index is 0.429. The fourth-order valence-corrected chi connectivity index (χ4v) is 0.585. The summed E-state index contributed by atoms with van der Waals surface area (Å²) in [6.07, 6.45) is 2.02. The van der Waals surface area contributed by atoms with Gasteiger partial charge in [0.15, 0.2) is 0 Å². The first kappa shape index (κ1) is 9.17. The molecule has 0 aliphatic rings. The fraction of sp³-hybridized carbons (Fsp3) is 0.571. The summed E-state index contributed by atoms with van der Waals surface area (Å²) in [5, 5.41) is 11.4. The van der Waals surface area contributed by atoms with E-state index < -0.39 is 11.5 Å². The van der Waals surface area contributed by atoms with Gasteiger partial charge in [-0.1, -0.05) is 6.08 Å². The molecule has 1 unspecified atom stereocenters. The SMILES string of the molecule is C=CCC(C)(NC)C(=O)O. The summed E-state index contributed by atoms with van der Waals surface area (Å²) >= 11 is 0. The Morgan fingerprint density at radius 3 is 2.50 bits per heavy atom. The number of hydrogen-bond acceptors (Lipinski definition) is 2.